The molecule has 1 amide bonds. The summed E-state index contributed by atoms with van der Waals surface area (Å²) in [7, 11) is 3.10. The van der Waals surface area contributed by atoms with Gasteiger partial charge in [-0.2, -0.15) is 0 Å². The van der Waals surface area contributed by atoms with Gasteiger partial charge in [0.1, 0.15) is 17.1 Å². The molecule has 2 heterocycles. The molecule has 5 nitrogen and oxygen atoms in total. The smallest absolute Gasteiger partial charge is 0.341 e. The summed E-state index contributed by atoms with van der Waals surface area (Å²) in [5, 5.41) is 0. The lowest BCUT2D eigenvalue weighted by molar-refractivity contribution is 0.0598. The highest BCUT2D eigenvalue weighted by Gasteiger charge is 2.21. The van der Waals surface area contributed by atoms with Gasteiger partial charge in [0, 0.05) is 11.9 Å². The van der Waals surface area contributed by atoms with Gasteiger partial charge < -0.3 is 14.1 Å². The van der Waals surface area contributed by atoms with Crippen molar-refractivity contribution in [3.05, 3.63) is 44.5 Å². The van der Waals surface area contributed by atoms with Crippen molar-refractivity contribution < 1.29 is 18.7 Å². The number of furan rings is 1. The number of thiophene rings is 1. The molecule has 2 aromatic rings. The molecule has 0 atom stereocenters. The molecular formula is C20H25NO4S. The Bertz CT molecular complexity index is 779. The Hall–Kier alpha value is -2.08. The fourth-order valence-electron chi connectivity index (χ4n) is 3.38. The number of esters is 1. The Morgan fingerprint density at radius 2 is 1.92 bits per heavy atom. The van der Waals surface area contributed by atoms with Crippen molar-refractivity contribution in [2.75, 3.05) is 14.2 Å². The number of nitrogens with zero attached hydrogens (tertiary/aromatic N) is 1. The van der Waals surface area contributed by atoms with Crippen LogP contribution in [-0.2, 0) is 24.1 Å². The first-order chi connectivity index (χ1) is 12.5. The third kappa shape index (κ3) is 4.01. The molecule has 26 heavy (non-hydrogen) atoms. The van der Waals surface area contributed by atoms with E-state index < -0.39 is 5.97 Å². The van der Waals surface area contributed by atoms with Gasteiger partial charge in [-0.15, -0.1) is 11.3 Å². The minimum absolute atomic E-state index is 0.00424. The van der Waals surface area contributed by atoms with Crippen molar-refractivity contribution in [2.45, 2.75) is 52.0 Å². The van der Waals surface area contributed by atoms with E-state index >= 15 is 0 Å². The van der Waals surface area contributed by atoms with E-state index in [0.717, 1.165) is 17.7 Å². The van der Waals surface area contributed by atoms with Crippen molar-refractivity contribution >= 4 is 23.2 Å². The van der Waals surface area contributed by atoms with E-state index in [4.69, 9.17) is 9.15 Å². The molecule has 0 fully saturated rings. The minimum Gasteiger partial charge on any atom is -0.465 e. The van der Waals surface area contributed by atoms with Crippen molar-refractivity contribution in [2.24, 2.45) is 0 Å². The zero-order chi connectivity index (χ0) is 18.7. The van der Waals surface area contributed by atoms with Crippen LogP contribution in [0.4, 0.5) is 0 Å². The van der Waals surface area contributed by atoms with Gasteiger partial charge >= 0.3 is 5.97 Å². The summed E-state index contributed by atoms with van der Waals surface area (Å²) in [5.74, 6) is 0.653. The number of rotatable bonds is 4. The molecule has 0 aromatic carbocycles. The topological polar surface area (TPSA) is 59.8 Å². The van der Waals surface area contributed by atoms with Gasteiger partial charge in [0.25, 0.3) is 5.91 Å². The molecular weight excluding hydrogens is 350 g/mol. The van der Waals surface area contributed by atoms with Crippen LogP contribution in [-0.4, -0.2) is 30.9 Å². The average molecular weight is 375 g/mol. The molecule has 1 aliphatic carbocycles. The van der Waals surface area contributed by atoms with E-state index in [1.807, 2.05) is 0 Å². The maximum atomic E-state index is 12.8. The summed E-state index contributed by atoms with van der Waals surface area (Å²) in [4.78, 5) is 28.3. The fraction of sp³-hybridized carbons (Fsp3) is 0.500. The molecule has 140 valence electrons. The second-order valence-corrected chi connectivity index (χ2v) is 7.95. The van der Waals surface area contributed by atoms with Crippen LogP contribution in [0.25, 0.3) is 0 Å². The van der Waals surface area contributed by atoms with E-state index in [0.29, 0.717) is 23.6 Å². The molecule has 0 N–H and O–H groups in total. The molecule has 0 aliphatic heterocycles. The van der Waals surface area contributed by atoms with Crippen molar-refractivity contribution in [3.63, 3.8) is 0 Å². The summed E-state index contributed by atoms with van der Waals surface area (Å²) in [5.41, 5.74) is 1.75. The largest absolute Gasteiger partial charge is 0.465 e. The predicted molar refractivity (Wildman–Crippen MR) is 101 cm³/mol. The average Bonchev–Trinajstić information content (AvgIpc) is 3.16. The van der Waals surface area contributed by atoms with Gasteiger partial charge in [-0.3, -0.25) is 4.79 Å². The van der Waals surface area contributed by atoms with Gasteiger partial charge in [-0.05, 0) is 50.3 Å². The molecule has 0 spiro atoms. The highest BCUT2D eigenvalue weighted by molar-refractivity contribution is 7.14. The number of hydrogen-bond donors (Lipinski definition) is 0. The summed E-state index contributed by atoms with van der Waals surface area (Å²) < 4.78 is 10.4. The number of methoxy groups -OCH3 is 1. The second-order valence-electron chi connectivity index (χ2n) is 6.81. The molecule has 6 heteroatoms. The van der Waals surface area contributed by atoms with E-state index in [2.05, 4.69) is 6.07 Å². The number of aryl methyl sites for hydroxylation is 3. The lowest BCUT2D eigenvalue weighted by Gasteiger charge is -2.14. The van der Waals surface area contributed by atoms with Crippen LogP contribution in [0, 0.1) is 6.92 Å². The fourth-order valence-corrected chi connectivity index (χ4v) is 4.63. The summed E-state index contributed by atoms with van der Waals surface area (Å²) in [6.45, 7) is 2.04. The third-order valence-electron chi connectivity index (χ3n) is 4.82. The second kappa shape index (κ2) is 8.08. The maximum Gasteiger partial charge on any atom is 0.341 e. The Morgan fingerprint density at radius 1 is 1.19 bits per heavy atom. The van der Waals surface area contributed by atoms with Crippen LogP contribution in [0.5, 0.6) is 0 Å². The van der Waals surface area contributed by atoms with E-state index in [-0.39, 0.29) is 5.91 Å². The quantitative estimate of drug-likeness (QED) is 0.745. The molecule has 0 bridgehead atoms. The molecule has 3 rings (SSSR count). The molecule has 0 saturated heterocycles. The predicted octanol–water partition coefficient (Wildman–Crippen LogP) is 4.37. The summed E-state index contributed by atoms with van der Waals surface area (Å²) >= 11 is 1.63. The summed E-state index contributed by atoms with van der Waals surface area (Å²) in [6.07, 6.45) is 7.12. The van der Waals surface area contributed by atoms with Crippen LogP contribution in [0.2, 0.25) is 0 Å². The SMILES string of the molecule is COC(=O)c1cc(CN(C)C(=O)c2cc3c(s2)CCCCCC3)oc1C. The third-order valence-corrected chi connectivity index (χ3v) is 6.05. The molecule has 0 unspecified atom stereocenters. The van der Waals surface area contributed by atoms with Gasteiger partial charge in [0.05, 0.1) is 18.5 Å². The lowest BCUT2D eigenvalue weighted by atomic mass is 10.00. The Kier molecular flexibility index (Phi) is 5.81. The van der Waals surface area contributed by atoms with Gasteiger partial charge in [0.2, 0.25) is 0 Å². The van der Waals surface area contributed by atoms with Gasteiger partial charge in [-0.1, -0.05) is 12.8 Å². The molecule has 1 aliphatic rings. The Balaban J connectivity index is 1.72. The number of fused-ring (bicyclic) bond motifs is 1. The monoisotopic (exact) mass is 375 g/mol. The minimum atomic E-state index is -0.426. The normalized spacial score (nSPS) is 14.3. The van der Waals surface area contributed by atoms with E-state index in [9.17, 15) is 9.59 Å². The van der Waals surface area contributed by atoms with Crippen molar-refractivity contribution in [3.8, 4) is 0 Å². The van der Waals surface area contributed by atoms with Crippen LogP contribution in [0.3, 0.4) is 0 Å². The highest BCUT2D eigenvalue weighted by atomic mass is 32.1. The van der Waals surface area contributed by atoms with Gasteiger partial charge in [-0.25, -0.2) is 4.79 Å². The molecule has 0 radical (unpaired) electrons. The first-order valence-corrected chi connectivity index (χ1v) is 9.86. The van der Waals surface area contributed by atoms with Crippen LogP contribution >= 0.6 is 11.3 Å². The van der Waals surface area contributed by atoms with Crippen LogP contribution in [0.1, 0.15) is 67.7 Å². The Labute approximate surface area is 157 Å². The number of carbonyl (C=O) groups is 2. The van der Waals surface area contributed by atoms with E-state index in [1.165, 1.54) is 43.2 Å². The number of ether oxygens (including phenoxy) is 1. The van der Waals surface area contributed by atoms with Crippen molar-refractivity contribution in [1.29, 1.82) is 0 Å². The van der Waals surface area contributed by atoms with E-state index in [1.54, 1.807) is 36.3 Å². The first-order valence-electron chi connectivity index (χ1n) is 9.04. The standard InChI is InChI=1S/C20H25NO4S/c1-13-16(20(23)24-3)11-15(25-13)12-21(2)19(22)18-10-14-8-6-4-5-7-9-17(14)26-18/h10-11H,4-9,12H2,1-3H3. The Morgan fingerprint density at radius 3 is 2.65 bits per heavy atom. The zero-order valence-electron chi connectivity index (χ0n) is 15.6. The number of carbonyl (C=O) groups excluding carboxylic acids is 2. The maximum absolute atomic E-state index is 12.8. The van der Waals surface area contributed by atoms with Crippen LogP contribution < -0.4 is 0 Å². The van der Waals surface area contributed by atoms with Gasteiger partial charge in [0.15, 0.2) is 0 Å². The number of amides is 1. The molecule has 2 aromatic heterocycles. The zero-order valence-corrected chi connectivity index (χ0v) is 16.4. The summed E-state index contributed by atoms with van der Waals surface area (Å²) in [6, 6.07) is 3.72. The van der Waals surface area contributed by atoms with Crippen LogP contribution in [0.15, 0.2) is 16.5 Å². The first kappa shape index (κ1) is 18.7. The van der Waals surface area contributed by atoms with Crippen molar-refractivity contribution in [1.82, 2.24) is 4.90 Å². The lowest BCUT2D eigenvalue weighted by Crippen LogP contribution is -2.25. The highest BCUT2D eigenvalue weighted by Crippen LogP contribution is 2.29. The molecule has 0 saturated carbocycles. The number of hydrogen-bond acceptors (Lipinski definition) is 5.